The van der Waals surface area contributed by atoms with E-state index in [9.17, 15) is 9.59 Å². The fourth-order valence-corrected chi connectivity index (χ4v) is 2.10. The topological polar surface area (TPSA) is 92.3 Å². The van der Waals surface area contributed by atoms with Gasteiger partial charge in [0.25, 0.3) is 5.56 Å². The van der Waals surface area contributed by atoms with Gasteiger partial charge < -0.3 is 9.84 Å². The van der Waals surface area contributed by atoms with Crippen LogP contribution in [0.5, 0.6) is 11.5 Å². The molecule has 0 fully saturated rings. The number of nitrogens with one attached hydrogen (secondary N) is 1. The second-order valence-electron chi connectivity index (χ2n) is 3.88. The Labute approximate surface area is 118 Å². The first-order valence-corrected chi connectivity index (χ1v) is 6.73. The first-order chi connectivity index (χ1) is 9.56. The van der Waals surface area contributed by atoms with Gasteiger partial charge in [-0.3, -0.25) is 14.6 Å². The van der Waals surface area contributed by atoms with Crippen LogP contribution in [0.25, 0.3) is 0 Å². The van der Waals surface area contributed by atoms with Gasteiger partial charge in [-0.25, -0.2) is 4.98 Å². The normalized spacial score (nSPS) is 10.2. The maximum atomic E-state index is 11.9. The van der Waals surface area contributed by atoms with Gasteiger partial charge in [0.15, 0.2) is 5.16 Å². The quantitative estimate of drug-likeness (QED) is 0.647. The highest BCUT2D eigenvalue weighted by atomic mass is 32.2. The lowest BCUT2D eigenvalue weighted by Crippen LogP contribution is -2.14. The van der Waals surface area contributed by atoms with Crippen molar-refractivity contribution in [2.75, 3.05) is 5.75 Å². The largest absolute Gasteiger partial charge is 0.481 e. The van der Waals surface area contributed by atoms with E-state index >= 15 is 0 Å². The maximum absolute atomic E-state index is 11.9. The van der Waals surface area contributed by atoms with E-state index in [0.717, 1.165) is 11.8 Å². The van der Waals surface area contributed by atoms with Crippen LogP contribution in [0.4, 0.5) is 0 Å². The van der Waals surface area contributed by atoms with E-state index in [2.05, 4.69) is 9.97 Å². The highest BCUT2D eigenvalue weighted by Gasteiger charge is 2.11. The molecule has 104 valence electrons. The first kappa shape index (κ1) is 14.1. The Balaban J connectivity index is 2.23. The zero-order chi connectivity index (χ0) is 14.5. The van der Waals surface area contributed by atoms with Gasteiger partial charge in [-0.2, -0.15) is 0 Å². The number of carboxylic acid groups (broad SMARTS) is 1. The summed E-state index contributed by atoms with van der Waals surface area (Å²) >= 11 is 0.950. The molecule has 0 aliphatic heterocycles. The van der Waals surface area contributed by atoms with Crippen molar-refractivity contribution >= 4 is 17.7 Å². The van der Waals surface area contributed by atoms with Crippen LogP contribution in [0, 0.1) is 6.92 Å². The van der Waals surface area contributed by atoms with Crippen molar-refractivity contribution in [1.29, 1.82) is 0 Å². The second kappa shape index (κ2) is 6.25. The molecule has 0 amide bonds. The molecule has 0 aliphatic rings. The van der Waals surface area contributed by atoms with Crippen molar-refractivity contribution in [3.63, 3.8) is 0 Å². The summed E-state index contributed by atoms with van der Waals surface area (Å²) in [6.07, 6.45) is 0. The maximum Gasteiger partial charge on any atom is 0.313 e. The van der Waals surface area contributed by atoms with Crippen LogP contribution in [-0.2, 0) is 4.79 Å². The number of thioether (sulfide) groups is 1. The lowest BCUT2D eigenvalue weighted by atomic mass is 10.3. The molecule has 1 aromatic heterocycles. The van der Waals surface area contributed by atoms with Gasteiger partial charge in [-0.15, -0.1) is 0 Å². The van der Waals surface area contributed by atoms with E-state index in [1.54, 1.807) is 31.2 Å². The monoisotopic (exact) mass is 292 g/mol. The summed E-state index contributed by atoms with van der Waals surface area (Å²) < 4.78 is 5.49. The zero-order valence-electron chi connectivity index (χ0n) is 10.6. The highest BCUT2D eigenvalue weighted by Crippen LogP contribution is 2.21. The van der Waals surface area contributed by atoms with Crippen molar-refractivity contribution in [1.82, 2.24) is 9.97 Å². The number of aromatic nitrogens is 2. The number of para-hydroxylation sites is 1. The summed E-state index contributed by atoms with van der Waals surface area (Å²) in [6.45, 7) is 1.64. The molecule has 7 heteroatoms. The summed E-state index contributed by atoms with van der Waals surface area (Å²) in [7, 11) is 0. The minimum absolute atomic E-state index is 0.107. The third-order valence-corrected chi connectivity index (χ3v) is 3.18. The van der Waals surface area contributed by atoms with E-state index in [1.807, 2.05) is 6.07 Å². The molecule has 0 saturated heterocycles. The third kappa shape index (κ3) is 3.61. The Morgan fingerprint density at radius 3 is 2.70 bits per heavy atom. The van der Waals surface area contributed by atoms with E-state index < -0.39 is 11.5 Å². The molecular formula is C13H12N2O4S. The number of H-pyrrole nitrogens is 1. The lowest BCUT2D eigenvalue weighted by Gasteiger charge is -2.08. The number of ether oxygens (including phenoxy) is 1. The van der Waals surface area contributed by atoms with E-state index in [-0.39, 0.29) is 16.7 Å². The second-order valence-corrected chi connectivity index (χ2v) is 4.85. The average molecular weight is 292 g/mol. The van der Waals surface area contributed by atoms with Gasteiger partial charge >= 0.3 is 5.97 Å². The Morgan fingerprint density at radius 2 is 2.10 bits per heavy atom. The summed E-state index contributed by atoms with van der Waals surface area (Å²) in [5, 5.41) is 8.86. The van der Waals surface area contributed by atoms with Crippen LogP contribution in [0.15, 0.2) is 40.3 Å². The number of aromatic amines is 1. The fraction of sp³-hybridized carbons (Fsp3) is 0.154. The van der Waals surface area contributed by atoms with Gasteiger partial charge in [0.05, 0.1) is 11.4 Å². The van der Waals surface area contributed by atoms with Crippen molar-refractivity contribution in [2.45, 2.75) is 12.1 Å². The zero-order valence-corrected chi connectivity index (χ0v) is 11.4. The van der Waals surface area contributed by atoms with Crippen molar-refractivity contribution in [3.8, 4) is 11.5 Å². The molecule has 2 rings (SSSR count). The van der Waals surface area contributed by atoms with Crippen molar-refractivity contribution in [2.24, 2.45) is 0 Å². The molecule has 0 saturated carbocycles. The summed E-state index contributed by atoms with van der Waals surface area (Å²) in [5.74, 6) is -0.494. The highest BCUT2D eigenvalue weighted by molar-refractivity contribution is 7.99. The molecule has 6 nitrogen and oxygen atoms in total. The number of benzene rings is 1. The number of carboxylic acids is 1. The summed E-state index contributed by atoms with van der Waals surface area (Å²) in [6, 6.07) is 8.89. The molecule has 0 spiro atoms. The Bertz CT molecular complexity index is 670. The molecule has 0 aliphatic carbocycles. The molecule has 20 heavy (non-hydrogen) atoms. The van der Waals surface area contributed by atoms with Crippen LogP contribution in [-0.4, -0.2) is 26.8 Å². The Kier molecular flexibility index (Phi) is 4.41. The van der Waals surface area contributed by atoms with Crippen LogP contribution in [0.1, 0.15) is 5.69 Å². The van der Waals surface area contributed by atoms with Gasteiger partial charge in [0.1, 0.15) is 5.75 Å². The van der Waals surface area contributed by atoms with Gasteiger partial charge in [-0.1, -0.05) is 30.0 Å². The van der Waals surface area contributed by atoms with Gasteiger partial charge in [0, 0.05) is 0 Å². The minimum Gasteiger partial charge on any atom is -0.481 e. The molecule has 0 radical (unpaired) electrons. The molecule has 1 heterocycles. The fourth-order valence-electron chi connectivity index (χ4n) is 1.47. The number of rotatable bonds is 5. The molecule has 0 atom stereocenters. The molecule has 0 unspecified atom stereocenters. The van der Waals surface area contributed by atoms with Gasteiger partial charge in [0.2, 0.25) is 5.75 Å². The molecular weight excluding hydrogens is 280 g/mol. The standard InChI is InChI=1S/C13H12N2O4S/c1-8-11(19-9-5-3-2-4-6-9)12(18)15-13(14-8)20-7-10(16)17/h2-6H,7H2,1H3,(H,16,17)(H,14,15,18). The SMILES string of the molecule is Cc1nc(SCC(=O)O)[nH]c(=O)c1Oc1ccccc1. The molecule has 2 aromatic rings. The minimum atomic E-state index is -0.972. The summed E-state index contributed by atoms with van der Waals surface area (Å²) in [5.41, 5.74) is -0.0280. The van der Waals surface area contributed by atoms with E-state index in [1.165, 1.54) is 0 Å². The smallest absolute Gasteiger partial charge is 0.313 e. The van der Waals surface area contributed by atoms with E-state index in [4.69, 9.17) is 9.84 Å². The Hall–Kier alpha value is -2.28. The number of carbonyl (C=O) groups is 1. The number of aliphatic carboxylic acids is 1. The van der Waals surface area contributed by atoms with Crippen LogP contribution >= 0.6 is 11.8 Å². The van der Waals surface area contributed by atoms with Crippen molar-refractivity contribution in [3.05, 3.63) is 46.4 Å². The predicted molar refractivity (Wildman–Crippen MR) is 74.5 cm³/mol. The molecule has 1 aromatic carbocycles. The van der Waals surface area contributed by atoms with Gasteiger partial charge in [-0.05, 0) is 19.1 Å². The number of nitrogens with zero attached hydrogens (tertiary/aromatic N) is 1. The van der Waals surface area contributed by atoms with Crippen LogP contribution < -0.4 is 10.3 Å². The lowest BCUT2D eigenvalue weighted by molar-refractivity contribution is -0.133. The number of hydrogen-bond donors (Lipinski definition) is 2. The first-order valence-electron chi connectivity index (χ1n) is 5.74. The van der Waals surface area contributed by atoms with E-state index in [0.29, 0.717) is 11.4 Å². The molecule has 0 bridgehead atoms. The van der Waals surface area contributed by atoms with Crippen LogP contribution in [0.3, 0.4) is 0 Å². The van der Waals surface area contributed by atoms with Crippen molar-refractivity contribution < 1.29 is 14.6 Å². The molecule has 2 N–H and O–H groups in total. The number of aryl methyl sites for hydroxylation is 1. The average Bonchev–Trinajstić information content (AvgIpc) is 2.42. The third-order valence-electron chi connectivity index (χ3n) is 2.32. The predicted octanol–water partition coefficient (Wildman–Crippen LogP) is 2.05. The van der Waals surface area contributed by atoms with Crippen LogP contribution in [0.2, 0.25) is 0 Å². The Morgan fingerprint density at radius 1 is 1.40 bits per heavy atom. The number of hydrogen-bond acceptors (Lipinski definition) is 5. The summed E-state index contributed by atoms with van der Waals surface area (Å²) in [4.78, 5) is 29.0.